The van der Waals surface area contributed by atoms with Crippen LogP contribution in [0.3, 0.4) is 0 Å². The average molecular weight is 291 g/mol. The molecule has 0 saturated heterocycles. The van der Waals surface area contributed by atoms with Gasteiger partial charge in [-0.3, -0.25) is 4.79 Å². The van der Waals surface area contributed by atoms with Crippen molar-refractivity contribution >= 4 is 29.2 Å². The highest BCUT2D eigenvalue weighted by Crippen LogP contribution is 2.12. The number of amides is 1. The molecular formula is C14H11ClN2O3. The molecule has 0 bridgehead atoms. The van der Waals surface area contributed by atoms with Crippen molar-refractivity contribution in [1.82, 2.24) is 4.98 Å². The predicted molar refractivity (Wildman–Crippen MR) is 75.0 cm³/mol. The van der Waals surface area contributed by atoms with Crippen LogP contribution in [0.5, 0.6) is 0 Å². The number of nitrogens with zero attached hydrogens (tertiary/aromatic N) is 1. The fourth-order valence-electron chi connectivity index (χ4n) is 1.56. The summed E-state index contributed by atoms with van der Waals surface area (Å²) in [7, 11) is 1.29. The fraction of sp³-hybridized carbons (Fsp3) is 0.0714. The zero-order valence-electron chi connectivity index (χ0n) is 10.6. The second kappa shape index (κ2) is 6.16. The van der Waals surface area contributed by atoms with Crippen molar-refractivity contribution in [1.29, 1.82) is 0 Å². The van der Waals surface area contributed by atoms with E-state index in [0.29, 0.717) is 22.0 Å². The van der Waals surface area contributed by atoms with E-state index in [2.05, 4.69) is 15.0 Å². The van der Waals surface area contributed by atoms with Crippen LogP contribution >= 0.6 is 11.6 Å². The van der Waals surface area contributed by atoms with Crippen molar-refractivity contribution in [2.24, 2.45) is 0 Å². The number of esters is 1. The molecule has 0 spiro atoms. The van der Waals surface area contributed by atoms with Crippen molar-refractivity contribution in [2.75, 3.05) is 12.4 Å². The minimum Gasteiger partial charge on any atom is -0.465 e. The van der Waals surface area contributed by atoms with E-state index in [0.717, 1.165) is 0 Å². The first-order valence-electron chi connectivity index (χ1n) is 5.71. The van der Waals surface area contributed by atoms with E-state index in [4.69, 9.17) is 11.6 Å². The molecule has 0 aliphatic rings. The molecule has 1 amide bonds. The van der Waals surface area contributed by atoms with Gasteiger partial charge in [-0.05, 0) is 30.3 Å². The van der Waals surface area contributed by atoms with Gasteiger partial charge >= 0.3 is 5.97 Å². The quantitative estimate of drug-likeness (QED) is 0.697. The SMILES string of the molecule is COC(=O)c1cccc(C(=O)Nc2ccc(Cl)nc2)c1. The molecule has 1 aromatic heterocycles. The van der Waals surface area contributed by atoms with E-state index in [1.165, 1.54) is 19.4 Å². The second-order valence-electron chi connectivity index (χ2n) is 3.90. The highest BCUT2D eigenvalue weighted by atomic mass is 35.5. The van der Waals surface area contributed by atoms with Crippen LogP contribution in [0.1, 0.15) is 20.7 Å². The number of anilines is 1. The number of methoxy groups -OCH3 is 1. The molecule has 0 atom stereocenters. The van der Waals surface area contributed by atoms with E-state index < -0.39 is 5.97 Å². The smallest absolute Gasteiger partial charge is 0.337 e. The topological polar surface area (TPSA) is 68.3 Å². The molecule has 102 valence electrons. The van der Waals surface area contributed by atoms with Crippen molar-refractivity contribution < 1.29 is 14.3 Å². The van der Waals surface area contributed by atoms with E-state index in [9.17, 15) is 9.59 Å². The number of hydrogen-bond acceptors (Lipinski definition) is 4. The zero-order chi connectivity index (χ0) is 14.5. The molecular weight excluding hydrogens is 280 g/mol. The third kappa shape index (κ3) is 3.33. The third-order valence-electron chi connectivity index (χ3n) is 2.53. The summed E-state index contributed by atoms with van der Waals surface area (Å²) >= 11 is 5.66. The Kier molecular flexibility index (Phi) is 4.32. The lowest BCUT2D eigenvalue weighted by Gasteiger charge is -2.06. The van der Waals surface area contributed by atoms with Gasteiger partial charge in [-0.1, -0.05) is 17.7 Å². The Bertz CT molecular complexity index is 641. The lowest BCUT2D eigenvalue weighted by Crippen LogP contribution is -2.13. The Balaban J connectivity index is 2.17. The number of aromatic nitrogens is 1. The molecule has 0 fully saturated rings. The molecule has 5 nitrogen and oxygen atoms in total. The predicted octanol–water partition coefficient (Wildman–Crippen LogP) is 2.77. The Morgan fingerprint density at radius 2 is 1.95 bits per heavy atom. The number of ether oxygens (including phenoxy) is 1. The van der Waals surface area contributed by atoms with Crippen LogP contribution in [0.2, 0.25) is 5.15 Å². The first-order chi connectivity index (χ1) is 9.60. The zero-order valence-corrected chi connectivity index (χ0v) is 11.3. The monoisotopic (exact) mass is 290 g/mol. The number of halogens is 1. The Hall–Kier alpha value is -2.40. The molecule has 1 N–H and O–H groups in total. The van der Waals surface area contributed by atoms with Crippen LogP contribution in [-0.2, 0) is 4.74 Å². The molecule has 0 aliphatic carbocycles. The lowest BCUT2D eigenvalue weighted by molar-refractivity contribution is 0.0600. The maximum absolute atomic E-state index is 12.0. The van der Waals surface area contributed by atoms with Crippen molar-refractivity contribution in [3.63, 3.8) is 0 Å². The van der Waals surface area contributed by atoms with Crippen molar-refractivity contribution in [3.05, 3.63) is 58.9 Å². The first-order valence-corrected chi connectivity index (χ1v) is 6.09. The number of carbonyl (C=O) groups excluding carboxylic acids is 2. The van der Waals surface area contributed by atoms with Gasteiger partial charge in [0.25, 0.3) is 5.91 Å². The number of nitrogens with one attached hydrogen (secondary N) is 1. The van der Waals surface area contributed by atoms with E-state index >= 15 is 0 Å². The summed E-state index contributed by atoms with van der Waals surface area (Å²) in [4.78, 5) is 27.3. The number of carbonyl (C=O) groups is 2. The van der Waals surface area contributed by atoms with Crippen LogP contribution < -0.4 is 5.32 Å². The number of pyridine rings is 1. The second-order valence-corrected chi connectivity index (χ2v) is 4.28. The highest BCUT2D eigenvalue weighted by Gasteiger charge is 2.10. The van der Waals surface area contributed by atoms with E-state index in [1.54, 1.807) is 30.3 Å². The van der Waals surface area contributed by atoms with Crippen LogP contribution in [0.25, 0.3) is 0 Å². The van der Waals surface area contributed by atoms with Crippen molar-refractivity contribution in [3.8, 4) is 0 Å². The molecule has 0 aliphatic heterocycles. The van der Waals surface area contributed by atoms with Gasteiger partial charge in [-0.25, -0.2) is 9.78 Å². The molecule has 1 heterocycles. The van der Waals surface area contributed by atoms with Crippen LogP contribution in [0, 0.1) is 0 Å². The number of benzene rings is 1. The van der Waals surface area contributed by atoms with E-state index in [-0.39, 0.29) is 5.91 Å². The maximum Gasteiger partial charge on any atom is 0.337 e. The number of rotatable bonds is 3. The number of hydrogen-bond donors (Lipinski definition) is 1. The fourth-order valence-corrected chi connectivity index (χ4v) is 1.67. The molecule has 6 heteroatoms. The minimum absolute atomic E-state index is 0.314. The molecule has 0 saturated carbocycles. The Morgan fingerprint density at radius 1 is 1.20 bits per heavy atom. The van der Waals surface area contributed by atoms with Gasteiger partial charge < -0.3 is 10.1 Å². The molecule has 0 unspecified atom stereocenters. The Morgan fingerprint density at radius 3 is 2.60 bits per heavy atom. The summed E-state index contributed by atoms with van der Waals surface area (Å²) in [6, 6.07) is 9.46. The lowest BCUT2D eigenvalue weighted by atomic mass is 10.1. The molecule has 1 aromatic carbocycles. The summed E-state index contributed by atoms with van der Waals surface area (Å²) < 4.78 is 4.61. The largest absolute Gasteiger partial charge is 0.465 e. The van der Waals surface area contributed by atoms with Gasteiger partial charge in [0.2, 0.25) is 0 Å². The molecule has 2 aromatic rings. The van der Waals surface area contributed by atoms with Crippen LogP contribution in [0.15, 0.2) is 42.6 Å². The van der Waals surface area contributed by atoms with Gasteiger partial charge in [0.15, 0.2) is 0 Å². The van der Waals surface area contributed by atoms with Crippen LogP contribution in [0.4, 0.5) is 5.69 Å². The molecule has 20 heavy (non-hydrogen) atoms. The van der Waals surface area contributed by atoms with E-state index in [1.807, 2.05) is 0 Å². The normalized spacial score (nSPS) is 9.90. The van der Waals surface area contributed by atoms with Crippen LogP contribution in [-0.4, -0.2) is 24.0 Å². The highest BCUT2D eigenvalue weighted by molar-refractivity contribution is 6.29. The van der Waals surface area contributed by atoms with Gasteiger partial charge in [0.1, 0.15) is 5.15 Å². The van der Waals surface area contributed by atoms with Crippen molar-refractivity contribution in [2.45, 2.75) is 0 Å². The summed E-state index contributed by atoms with van der Waals surface area (Å²) in [5.41, 5.74) is 1.18. The average Bonchev–Trinajstić information content (AvgIpc) is 2.49. The molecule has 0 radical (unpaired) electrons. The Labute approximate surface area is 120 Å². The standard InChI is InChI=1S/C14H11ClN2O3/c1-20-14(19)10-4-2-3-9(7-10)13(18)17-11-5-6-12(15)16-8-11/h2-8H,1H3,(H,17,18). The van der Waals surface area contributed by atoms with Gasteiger partial charge in [0.05, 0.1) is 24.6 Å². The van der Waals surface area contributed by atoms with Gasteiger partial charge in [-0.15, -0.1) is 0 Å². The maximum atomic E-state index is 12.0. The summed E-state index contributed by atoms with van der Waals surface area (Å²) in [6.07, 6.45) is 1.45. The minimum atomic E-state index is -0.493. The third-order valence-corrected chi connectivity index (χ3v) is 2.75. The van der Waals surface area contributed by atoms with Gasteiger partial charge in [-0.2, -0.15) is 0 Å². The summed E-state index contributed by atoms with van der Waals surface area (Å²) in [5.74, 6) is -0.840. The van der Waals surface area contributed by atoms with Gasteiger partial charge in [0, 0.05) is 5.56 Å². The summed E-state index contributed by atoms with van der Waals surface area (Å²) in [5, 5.41) is 3.00. The first kappa shape index (κ1) is 14.0. The molecule has 2 rings (SSSR count). The summed E-state index contributed by atoms with van der Waals surface area (Å²) in [6.45, 7) is 0.